The summed E-state index contributed by atoms with van der Waals surface area (Å²) in [5.74, 6) is -0.139. The fourth-order valence-corrected chi connectivity index (χ4v) is 1.31. The Labute approximate surface area is 82.2 Å². The van der Waals surface area contributed by atoms with Crippen LogP contribution in [0.3, 0.4) is 0 Å². The predicted octanol–water partition coefficient (Wildman–Crippen LogP) is 2.80. The number of benzene rings is 1. The third-order valence-electron chi connectivity index (χ3n) is 1.96. The number of ketones is 1. The highest BCUT2D eigenvalue weighted by Crippen LogP contribution is 2.11. The molecule has 0 aliphatic rings. The molecule has 0 aliphatic carbocycles. The normalized spacial score (nSPS) is 9.29. The third-order valence-corrected chi connectivity index (χ3v) is 1.96. The van der Waals surface area contributed by atoms with Crippen molar-refractivity contribution in [2.24, 2.45) is 5.11 Å². The molecule has 1 aromatic rings. The maximum Gasteiger partial charge on any atom is 0.168 e. The van der Waals surface area contributed by atoms with Crippen molar-refractivity contribution in [2.45, 2.75) is 13.8 Å². The van der Waals surface area contributed by atoms with Crippen molar-refractivity contribution in [2.75, 3.05) is 6.54 Å². The van der Waals surface area contributed by atoms with Gasteiger partial charge in [0, 0.05) is 10.5 Å². The molecule has 0 radical (unpaired) electrons. The Morgan fingerprint density at radius 1 is 1.50 bits per heavy atom. The topological polar surface area (TPSA) is 65.8 Å². The molecule has 1 aromatic carbocycles. The molecule has 4 nitrogen and oxygen atoms in total. The maximum absolute atomic E-state index is 11.5. The Balaban J connectivity index is 2.95. The van der Waals surface area contributed by atoms with Gasteiger partial charge in [0.2, 0.25) is 0 Å². The lowest BCUT2D eigenvalue weighted by atomic mass is 10.0. The van der Waals surface area contributed by atoms with Gasteiger partial charge in [0.15, 0.2) is 5.78 Å². The van der Waals surface area contributed by atoms with Crippen LogP contribution in [-0.2, 0) is 0 Å². The Kier molecular flexibility index (Phi) is 3.26. The highest BCUT2D eigenvalue weighted by molar-refractivity contribution is 5.99. The van der Waals surface area contributed by atoms with E-state index < -0.39 is 0 Å². The van der Waals surface area contributed by atoms with Crippen LogP contribution in [0.2, 0.25) is 0 Å². The molecule has 0 aliphatic heterocycles. The molecule has 72 valence electrons. The van der Waals surface area contributed by atoms with E-state index >= 15 is 0 Å². The first-order valence-corrected chi connectivity index (χ1v) is 4.26. The molecule has 0 unspecified atom stereocenters. The van der Waals surface area contributed by atoms with Crippen LogP contribution in [-0.4, -0.2) is 12.3 Å². The Hall–Kier alpha value is -1.80. The molecule has 0 fully saturated rings. The van der Waals surface area contributed by atoms with Crippen LogP contribution in [0, 0.1) is 13.8 Å². The van der Waals surface area contributed by atoms with Crippen LogP contribution in [0.5, 0.6) is 0 Å². The molecular weight excluding hydrogens is 178 g/mol. The summed E-state index contributed by atoms with van der Waals surface area (Å²) in [5.41, 5.74) is 10.7. The largest absolute Gasteiger partial charge is 0.294 e. The Morgan fingerprint density at radius 2 is 2.21 bits per heavy atom. The minimum Gasteiger partial charge on any atom is -0.294 e. The van der Waals surface area contributed by atoms with E-state index in [1.807, 2.05) is 26.0 Å². The fraction of sp³-hybridized carbons (Fsp3) is 0.300. The van der Waals surface area contributed by atoms with Crippen molar-refractivity contribution in [3.8, 4) is 0 Å². The summed E-state index contributed by atoms with van der Waals surface area (Å²) in [4.78, 5) is 14.0. The van der Waals surface area contributed by atoms with E-state index in [9.17, 15) is 4.79 Å². The molecule has 0 spiro atoms. The average Bonchev–Trinajstić information content (AvgIpc) is 2.14. The first-order chi connectivity index (χ1) is 6.65. The molecule has 0 amide bonds. The van der Waals surface area contributed by atoms with Crippen LogP contribution in [0.4, 0.5) is 0 Å². The van der Waals surface area contributed by atoms with Gasteiger partial charge in [0.25, 0.3) is 0 Å². The lowest BCUT2D eigenvalue weighted by Gasteiger charge is -2.03. The second-order valence-electron chi connectivity index (χ2n) is 3.13. The molecule has 0 heterocycles. The van der Waals surface area contributed by atoms with Gasteiger partial charge in [-0.15, -0.1) is 0 Å². The summed E-state index contributed by atoms with van der Waals surface area (Å²) in [5, 5.41) is 3.24. The van der Waals surface area contributed by atoms with Crippen molar-refractivity contribution >= 4 is 5.78 Å². The highest BCUT2D eigenvalue weighted by atomic mass is 16.1. The molecule has 14 heavy (non-hydrogen) atoms. The molecule has 0 atom stereocenters. The van der Waals surface area contributed by atoms with Gasteiger partial charge in [-0.3, -0.25) is 4.79 Å². The summed E-state index contributed by atoms with van der Waals surface area (Å²) >= 11 is 0. The van der Waals surface area contributed by atoms with E-state index in [0.29, 0.717) is 5.56 Å². The van der Waals surface area contributed by atoms with Gasteiger partial charge < -0.3 is 0 Å². The minimum atomic E-state index is -0.139. The second-order valence-corrected chi connectivity index (χ2v) is 3.13. The first kappa shape index (κ1) is 10.3. The SMILES string of the molecule is Cc1ccc(C(=O)CN=[N+]=[N-])c(C)c1. The van der Waals surface area contributed by atoms with Gasteiger partial charge >= 0.3 is 0 Å². The van der Waals surface area contributed by atoms with E-state index in [4.69, 9.17) is 5.53 Å². The van der Waals surface area contributed by atoms with Crippen molar-refractivity contribution in [3.63, 3.8) is 0 Å². The zero-order valence-electron chi connectivity index (χ0n) is 8.19. The van der Waals surface area contributed by atoms with Crippen LogP contribution in [0.1, 0.15) is 21.5 Å². The number of rotatable bonds is 3. The highest BCUT2D eigenvalue weighted by Gasteiger charge is 2.06. The number of hydrogen-bond donors (Lipinski definition) is 0. The first-order valence-electron chi connectivity index (χ1n) is 4.26. The summed E-state index contributed by atoms with van der Waals surface area (Å²) < 4.78 is 0. The van der Waals surface area contributed by atoms with E-state index in [2.05, 4.69) is 10.0 Å². The summed E-state index contributed by atoms with van der Waals surface area (Å²) in [6, 6.07) is 5.57. The number of carbonyl (C=O) groups excluding carboxylic acids is 1. The van der Waals surface area contributed by atoms with Crippen LogP contribution < -0.4 is 0 Å². The van der Waals surface area contributed by atoms with Crippen LogP contribution in [0.15, 0.2) is 23.3 Å². The van der Waals surface area contributed by atoms with E-state index in [1.54, 1.807) is 6.07 Å². The fourth-order valence-electron chi connectivity index (χ4n) is 1.31. The monoisotopic (exact) mass is 189 g/mol. The summed E-state index contributed by atoms with van der Waals surface area (Å²) in [6.45, 7) is 3.73. The average molecular weight is 189 g/mol. The minimum absolute atomic E-state index is 0.111. The van der Waals surface area contributed by atoms with Gasteiger partial charge in [-0.2, -0.15) is 0 Å². The molecule has 0 bridgehead atoms. The number of hydrogen-bond acceptors (Lipinski definition) is 2. The number of azide groups is 1. The number of Topliss-reactive ketones (excluding diaryl/α,β-unsaturated/α-hetero) is 1. The van der Waals surface area contributed by atoms with Crippen LogP contribution in [0.25, 0.3) is 10.4 Å². The summed E-state index contributed by atoms with van der Waals surface area (Å²) in [6.07, 6.45) is 0. The molecule has 0 N–H and O–H groups in total. The van der Waals surface area contributed by atoms with Crippen molar-refractivity contribution in [1.82, 2.24) is 0 Å². The van der Waals surface area contributed by atoms with Crippen molar-refractivity contribution in [3.05, 3.63) is 45.3 Å². The quantitative estimate of drug-likeness (QED) is 0.312. The molecule has 0 saturated carbocycles. The van der Waals surface area contributed by atoms with Gasteiger partial charge in [0.1, 0.15) is 0 Å². The lowest BCUT2D eigenvalue weighted by molar-refractivity contribution is 0.100. The smallest absolute Gasteiger partial charge is 0.168 e. The van der Waals surface area contributed by atoms with Crippen LogP contribution >= 0.6 is 0 Å². The zero-order valence-corrected chi connectivity index (χ0v) is 8.19. The Morgan fingerprint density at radius 3 is 2.79 bits per heavy atom. The van der Waals surface area contributed by atoms with E-state index in [-0.39, 0.29) is 12.3 Å². The molecule has 0 saturated heterocycles. The van der Waals surface area contributed by atoms with Gasteiger partial charge in [-0.1, -0.05) is 28.9 Å². The maximum atomic E-state index is 11.5. The van der Waals surface area contributed by atoms with Crippen molar-refractivity contribution < 1.29 is 4.79 Å². The number of carbonyl (C=O) groups is 1. The van der Waals surface area contributed by atoms with Gasteiger partial charge in [0.05, 0.1) is 6.54 Å². The standard InChI is InChI=1S/C10H11N3O/c1-7-3-4-9(8(2)5-7)10(14)6-12-13-11/h3-5H,6H2,1-2H3. The third kappa shape index (κ3) is 2.34. The molecule has 0 aromatic heterocycles. The molecule has 1 rings (SSSR count). The van der Waals surface area contributed by atoms with Crippen molar-refractivity contribution in [1.29, 1.82) is 0 Å². The number of nitrogens with zero attached hydrogens (tertiary/aromatic N) is 3. The summed E-state index contributed by atoms with van der Waals surface area (Å²) in [7, 11) is 0. The van der Waals surface area contributed by atoms with Gasteiger partial charge in [-0.05, 0) is 24.9 Å². The second kappa shape index (κ2) is 4.44. The Bertz CT molecular complexity index is 406. The number of aryl methyl sites for hydroxylation is 2. The zero-order chi connectivity index (χ0) is 10.6. The lowest BCUT2D eigenvalue weighted by Crippen LogP contribution is -2.04. The molecule has 4 heteroatoms. The van der Waals surface area contributed by atoms with E-state index in [1.165, 1.54) is 0 Å². The van der Waals surface area contributed by atoms with E-state index in [0.717, 1.165) is 11.1 Å². The van der Waals surface area contributed by atoms with Gasteiger partial charge in [-0.25, -0.2) is 0 Å². The predicted molar refractivity (Wildman–Crippen MR) is 54.3 cm³/mol. The molecular formula is C10H11N3O.